The SMILES string of the molecule is COc1ccc(-n2c(=O)cc(O)c3cnc(Nc4ccccc4OC)nc32)cc1. The van der Waals surface area contributed by atoms with Crippen LogP contribution in [0.15, 0.2) is 65.6 Å². The fourth-order valence-corrected chi connectivity index (χ4v) is 3.00. The maximum absolute atomic E-state index is 12.6. The summed E-state index contributed by atoms with van der Waals surface area (Å²) < 4.78 is 11.9. The van der Waals surface area contributed by atoms with Gasteiger partial charge in [-0.1, -0.05) is 12.1 Å². The van der Waals surface area contributed by atoms with Crippen molar-refractivity contribution in [2.24, 2.45) is 0 Å². The molecule has 8 nitrogen and oxygen atoms in total. The van der Waals surface area contributed by atoms with E-state index in [2.05, 4.69) is 15.3 Å². The van der Waals surface area contributed by atoms with Crippen LogP contribution in [-0.2, 0) is 0 Å². The minimum atomic E-state index is -0.415. The molecule has 0 aliphatic carbocycles. The molecule has 0 atom stereocenters. The summed E-state index contributed by atoms with van der Waals surface area (Å²) in [7, 11) is 3.14. The van der Waals surface area contributed by atoms with Crippen molar-refractivity contribution >= 4 is 22.7 Å². The van der Waals surface area contributed by atoms with E-state index in [0.717, 1.165) is 6.07 Å². The number of benzene rings is 2. The number of hydrogen-bond donors (Lipinski definition) is 2. The molecule has 8 heteroatoms. The van der Waals surface area contributed by atoms with Crippen LogP contribution in [0.4, 0.5) is 11.6 Å². The van der Waals surface area contributed by atoms with Gasteiger partial charge in [-0.2, -0.15) is 4.98 Å². The number of hydrogen-bond acceptors (Lipinski definition) is 7. The number of methoxy groups -OCH3 is 2. The first kappa shape index (κ1) is 18.3. The lowest BCUT2D eigenvalue weighted by molar-refractivity contribution is 0.414. The van der Waals surface area contributed by atoms with Crippen molar-refractivity contribution < 1.29 is 14.6 Å². The van der Waals surface area contributed by atoms with Crippen LogP contribution in [0.1, 0.15) is 0 Å². The minimum Gasteiger partial charge on any atom is -0.507 e. The monoisotopic (exact) mass is 390 g/mol. The summed E-state index contributed by atoms with van der Waals surface area (Å²) in [5, 5.41) is 13.7. The summed E-state index contributed by atoms with van der Waals surface area (Å²) in [6.07, 6.45) is 1.47. The number of ether oxygens (including phenoxy) is 2. The predicted octanol–water partition coefficient (Wildman–Crippen LogP) is 3.25. The molecule has 0 amide bonds. The Morgan fingerprint density at radius 1 is 1.03 bits per heavy atom. The number of aromatic nitrogens is 3. The summed E-state index contributed by atoms with van der Waals surface area (Å²) >= 11 is 0. The number of nitrogens with zero attached hydrogens (tertiary/aromatic N) is 3. The van der Waals surface area contributed by atoms with Crippen molar-refractivity contribution in [3.63, 3.8) is 0 Å². The Hall–Kier alpha value is -4.07. The molecule has 0 aliphatic rings. The van der Waals surface area contributed by atoms with Gasteiger partial charge in [-0.25, -0.2) is 4.98 Å². The zero-order chi connectivity index (χ0) is 20.4. The first-order valence-electron chi connectivity index (χ1n) is 8.77. The molecule has 0 spiro atoms. The summed E-state index contributed by atoms with van der Waals surface area (Å²) in [6.45, 7) is 0. The largest absolute Gasteiger partial charge is 0.507 e. The zero-order valence-electron chi connectivity index (χ0n) is 15.8. The standard InChI is InChI=1S/C21H18N4O4/c1-28-14-9-7-13(8-10-14)25-19(27)11-17(26)15-12-22-21(24-20(15)25)23-16-5-3-4-6-18(16)29-2/h3-12,26H,1-2H3,(H,22,23,24). The Morgan fingerprint density at radius 2 is 1.79 bits per heavy atom. The number of rotatable bonds is 5. The highest BCUT2D eigenvalue weighted by Gasteiger charge is 2.14. The lowest BCUT2D eigenvalue weighted by Crippen LogP contribution is -2.19. The second kappa shape index (κ2) is 7.51. The van der Waals surface area contributed by atoms with Gasteiger partial charge in [0.25, 0.3) is 5.56 Å². The van der Waals surface area contributed by atoms with Gasteiger partial charge in [0.05, 0.1) is 31.0 Å². The third kappa shape index (κ3) is 3.43. The molecule has 0 unspecified atom stereocenters. The van der Waals surface area contributed by atoms with Gasteiger partial charge >= 0.3 is 0 Å². The molecule has 0 saturated heterocycles. The Morgan fingerprint density at radius 3 is 2.52 bits per heavy atom. The van der Waals surface area contributed by atoms with Crippen molar-refractivity contribution in [3.05, 3.63) is 71.1 Å². The molecule has 2 aromatic carbocycles. The fourth-order valence-electron chi connectivity index (χ4n) is 3.00. The van der Waals surface area contributed by atoms with Crippen LogP contribution in [-0.4, -0.2) is 33.9 Å². The van der Waals surface area contributed by atoms with Gasteiger partial charge < -0.3 is 19.9 Å². The van der Waals surface area contributed by atoms with E-state index in [-0.39, 0.29) is 17.3 Å². The second-order valence-corrected chi connectivity index (χ2v) is 6.16. The lowest BCUT2D eigenvalue weighted by Gasteiger charge is -2.13. The fraction of sp³-hybridized carbons (Fsp3) is 0.0952. The molecule has 0 bridgehead atoms. The molecule has 2 aromatic heterocycles. The topological polar surface area (TPSA) is 98.5 Å². The van der Waals surface area contributed by atoms with Crippen molar-refractivity contribution in [1.29, 1.82) is 0 Å². The first-order valence-corrected chi connectivity index (χ1v) is 8.77. The van der Waals surface area contributed by atoms with E-state index >= 15 is 0 Å². The Balaban J connectivity index is 1.87. The first-order chi connectivity index (χ1) is 14.1. The molecule has 2 N–H and O–H groups in total. The van der Waals surface area contributed by atoms with E-state index in [0.29, 0.717) is 28.3 Å². The van der Waals surface area contributed by atoms with Crippen LogP contribution in [0.25, 0.3) is 16.7 Å². The average molecular weight is 390 g/mol. The van der Waals surface area contributed by atoms with Crippen molar-refractivity contribution in [1.82, 2.24) is 14.5 Å². The van der Waals surface area contributed by atoms with Crippen LogP contribution >= 0.6 is 0 Å². The van der Waals surface area contributed by atoms with Gasteiger partial charge in [0.1, 0.15) is 17.2 Å². The Kier molecular flexibility index (Phi) is 4.74. The summed E-state index contributed by atoms with van der Waals surface area (Å²) in [5.41, 5.74) is 1.12. The summed E-state index contributed by atoms with van der Waals surface area (Å²) in [5.74, 6) is 1.37. The highest BCUT2D eigenvalue weighted by atomic mass is 16.5. The van der Waals surface area contributed by atoms with Crippen molar-refractivity contribution in [2.75, 3.05) is 19.5 Å². The molecule has 0 fully saturated rings. The molecule has 0 radical (unpaired) electrons. The zero-order valence-corrected chi connectivity index (χ0v) is 15.8. The maximum atomic E-state index is 12.6. The van der Waals surface area contributed by atoms with E-state index in [1.165, 1.54) is 10.8 Å². The molecule has 4 aromatic rings. The quantitative estimate of drug-likeness (QED) is 0.540. The van der Waals surface area contributed by atoms with Gasteiger partial charge in [-0.3, -0.25) is 9.36 Å². The second-order valence-electron chi connectivity index (χ2n) is 6.16. The third-order valence-electron chi connectivity index (χ3n) is 4.42. The molecule has 2 heterocycles. The van der Waals surface area contributed by atoms with Gasteiger partial charge in [0.2, 0.25) is 5.95 Å². The van der Waals surface area contributed by atoms with Gasteiger partial charge in [0.15, 0.2) is 5.65 Å². The lowest BCUT2D eigenvalue weighted by atomic mass is 10.2. The molecular weight excluding hydrogens is 372 g/mol. The molecule has 0 aliphatic heterocycles. The van der Waals surface area contributed by atoms with E-state index in [1.54, 1.807) is 38.5 Å². The molecule has 146 valence electrons. The normalized spacial score (nSPS) is 10.7. The van der Waals surface area contributed by atoms with E-state index in [4.69, 9.17) is 9.47 Å². The Labute approximate surface area is 166 Å². The van der Waals surface area contributed by atoms with Crippen LogP contribution in [0.3, 0.4) is 0 Å². The number of nitrogens with one attached hydrogen (secondary N) is 1. The van der Waals surface area contributed by atoms with Crippen LogP contribution in [0.5, 0.6) is 17.2 Å². The van der Waals surface area contributed by atoms with E-state index in [1.807, 2.05) is 24.3 Å². The summed E-state index contributed by atoms with van der Waals surface area (Å²) in [4.78, 5) is 21.4. The number of pyridine rings is 1. The van der Waals surface area contributed by atoms with Crippen LogP contribution in [0.2, 0.25) is 0 Å². The Bertz CT molecular complexity index is 1240. The number of fused-ring (bicyclic) bond motifs is 1. The van der Waals surface area contributed by atoms with Crippen LogP contribution < -0.4 is 20.3 Å². The van der Waals surface area contributed by atoms with Gasteiger partial charge in [0, 0.05) is 12.3 Å². The smallest absolute Gasteiger partial charge is 0.260 e. The number of aromatic hydroxyl groups is 1. The highest BCUT2D eigenvalue weighted by molar-refractivity contribution is 5.83. The summed E-state index contributed by atoms with van der Waals surface area (Å²) in [6, 6.07) is 15.5. The molecule has 0 saturated carbocycles. The number of para-hydroxylation sites is 2. The minimum absolute atomic E-state index is 0.182. The molecule has 4 rings (SSSR count). The average Bonchev–Trinajstić information content (AvgIpc) is 2.74. The highest BCUT2D eigenvalue weighted by Crippen LogP contribution is 2.28. The third-order valence-corrected chi connectivity index (χ3v) is 4.42. The van der Waals surface area contributed by atoms with E-state index in [9.17, 15) is 9.90 Å². The van der Waals surface area contributed by atoms with E-state index < -0.39 is 5.56 Å². The molecular formula is C21H18N4O4. The van der Waals surface area contributed by atoms with Gasteiger partial charge in [-0.15, -0.1) is 0 Å². The van der Waals surface area contributed by atoms with Crippen molar-refractivity contribution in [3.8, 4) is 22.9 Å². The predicted molar refractivity (Wildman–Crippen MR) is 110 cm³/mol. The maximum Gasteiger partial charge on any atom is 0.260 e. The van der Waals surface area contributed by atoms with Crippen molar-refractivity contribution in [2.45, 2.75) is 0 Å². The van der Waals surface area contributed by atoms with Gasteiger partial charge in [-0.05, 0) is 36.4 Å². The van der Waals surface area contributed by atoms with Crippen LogP contribution in [0, 0.1) is 0 Å². The number of anilines is 2. The molecule has 29 heavy (non-hydrogen) atoms.